The van der Waals surface area contributed by atoms with Crippen LogP contribution < -0.4 is 0 Å². The van der Waals surface area contributed by atoms with Crippen molar-refractivity contribution in [1.29, 1.82) is 0 Å². The molecule has 0 bridgehead atoms. The minimum atomic E-state index is -0.119. The monoisotopic (exact) mass is 228 g/mol. The molecule has 4 heteroatoms. The van der Waals surface area contributed by atoms with Crippen LogP contribution in [0.2, 0.25) is 0 Å². The molecule has 0 aromatic rings. The van der Waals surface area contributed by atoms with Crippen molar-refractivity contribution in [3.8, 4) is 0 Å². The first-order chi connectivity index (χ1) is 6.67. The maximum absolute atomic E-state index is 11.4. The lowest BCUT2D eigenvalue weighted by molar-refractivity contribution is -0.114. The lowest BCUT2D eigenvalue weighted by Gasteiger charge is -2.23. The summed E-state index contributed by atoms with van der Waals surface area (Å²) in [5.41, 5.74) is 0.733. The van der Waals surface area contributed by atoms with Gasteiger partial charge in [-0.15, -0.1) is 23.5 Å². The molecule has 2 nitrogen and oxygen atoms in total. The fourth-order valence-electron chi connectivity index (χ4n) is 2.68. The molecule has 76 valence electrons. The van der Waals surface area contributed by atoms with Gasteiger partial charge in [0.15, 0.2) is 5.78 Å². The van der Waals surface area contributed by atoms with Crippen molar-refractivity contribution in [2.75, 3.05) is 11.5 Å². The molecule has 1 N–H and O–H groups in total. The van der Waals surface area contributed by atoms with Crippen LogP contribution in [0.25, 0.3) is 0 Å². The summed E-state index contributed by atoms with van der Waals surface area (Å²) in [6.45, 7) is 1.57. The highest BCUT2D eigenvalue weighted by Crippen LogP contribution is 2.70. The van der Waals surface area contributed by atoms with Crippen molar-refractivity contribution in [3.05, 3.63) is 11.3 Å². The van der Waals surface area contributed by atoms with E-state index in [1.54, 1.807) is 6.92 Å². The van der Waals surface area contributed by atoms with E-state index < -0.39 is 0 Å². The topological polar surface area (TPSA) is 37.3 Å². The second kappa shape index (κ2) is 2.73. The van der Waals surface area contributed by atoms with Crippen LogP contribution in [0.15, 0.2) is 11.3 Å². The van der Waals surface area contributed by atoms with Crippen LogP contribution in [0.5, 0.6) is 0 Å². The molecule has 2 unspecified atom stereocenters. The second-order valence-corrected chi connectivity index (χ2v) is 7.07. The van der Waals surface area contributed by atoms with Crippen LogP contribution in [0, 0.1) is 11.8 Å². The summed E-state index contributed by atoms with van der Waals surface area (Å²) in [7, 11) is 0. The first-order valence-electron chi connectivity index (χ1n) is 4.89. The highest BCUT2D eigenvalue weighted by atomic mass is 32.2. The van der Waals surface area contributed by atoms with Gasteiger partial charge >= 0.3 is 0 Å². The fraction of sp³-hybridized carbons (Fsp3) is 0.700. The smallest absolute Gasteiger partial charge is 0.159 e. The number of carbonyl (C=O) groups is 1. The van der Waals surface area contributed by atoms with Gasteiger partial charge in [0.2, 0.25) is 0 Å². The number of hydrogen-bond donors (Lipinski definition) is 1. The first kappa shape index (κ1) is 9.16. The van der Waals surface area contributed by atoms with Crippen molar-refractivity contribution >= 4 is 29.3 Å². The number of Topliss-reactive ketones (excluding diaryl/α,β-unsaturated/α-hetero) is 1. The highest BCUT2D eigenvalue weighted by molar-refractivity contribution is 8.21. The second-order valence-electron chi connectivity index (χ2n) is 4.13. The normalized spacial score (nSPS) is 37.8. The Morgan fingerprint density at radius 1 is 1.50 bits per heavy atom. The zero-order valence-electron chi connectivity index (χ0n) is 7.95. The Morgan fingerprint density at radius 3 is 2.64 bits per heavy atom. The summed E-state index contributed by atoms with van der Waals surface area (Å²) in [5, 5.41) is 10.1. The van der Waals surface area contributed by atoms with Gasteiger partial charge in [-0.25, -0.2) is 0 Å². The quantitative estimate of drug-likeness (QED) is 0.746. The Hall–Kier alpha value is -0.0900. The summed E-state index contributed by atoms with van der Waals surface area (Å²) in [5.74, 6) is 3.59. The maximum atomic E-state index is 11.4. The largest absolute Gasteiger partial charge is 0.509 e. The van der Waals surface area contributed by atoms with E-state index in [2.05, 4.69) is 0 Å². The number of fused-ring (bicyclic) bond motifs is 2. The molecule has 3 rings (SSSR count). The average Bonchev–Trinajstić information content (AvgIpc) is 2.70. The van der Waals surface area contributed by atoms with E-state index in [1.165, 1.54) is 0 Å². The SMILES string of the molecule is CC(=O)C1=C(O)C2(SCCS2)C2CC12. The van der Waals surface area contributed by atoms with Crippen molar-refractivity contribution in [3.63, 3.8) is 0 Å². The summed E-state index contributed by atoms with van der Waals surface area (Å²) in [4.78, 5) is 11.4. The molecule has 1 saturated carbocycles. The Bertz CT molecular complexity index is 342. The molecule has 2 aliphatic carbocycles. The predicted molar refractivity (Wildman–Crippen MR) is 59.6 cm³/mol. The van der Waals surface area contributed by atoms with E-state index in [-0.39, 0.29) is 9.86 Å². The standard InChI is InChI=1S/C10H12O2S2/c1-5(11)8-6-4-7(6)10(9(8)12)13-2-3-14-10/h6-7,12H,2-4H2,1H3. The van der Waals surface area contributed by atoms with Crippen molar-refractivity contribution in [2.45, 2.75) is 17.4 Å². The molecule has 0 radical (unpaired) electrons. The summed E-state index contributed by atoms with van der Waals surface area (Å²) in [6, 6.07) is 0. The van der Waals surface area contributed by atoms with Gasteiger partial charge in [-0.3, -0.25) is 4.79 Å². The molecule has 3 aliphatic rings. The number of hydrogen-bond acceptors (Lipinski definition) is 4. The molecule has 2 fully saturated rings. The van der Waals surface area contributed by atoms with E-state index in [0.717, 1.165) is 23.5 Å². The first-order valence-corrected chi connectivity index (χ1v) is 6.86. The van der Waals surface area contributed by atoms with Crippen LogP contribution in [0.3, 0.4) is 0 Å². The number of aliphatic hydroxyl groups is 1. The minimum absolute atomic E-state index is 0.0694. The van der Waals surface area contributed by atoms with Crippen molar-refractivity contribution in [2.24, 2.45) is 11.8 Å². The number of aliphatic hydroxyl groups excluding tert-OH is 1. The lowest BCUT2D eigenvalue weighted by Crippen LogP contribution is -2.21. The predicted octanol–water partition coefficient (Wildman–Crippen LogP) is 2.21. The molecular weight excluding hydrogens is 216 g/mol. The van der Waals surface area contributed by atoms with Crippen molar-refractivity contribution < 1.29 is 9.90 Å². The van der Waals surface area contributed by atoms with E-state index in [0.29, 0.717) is 17.6 Å². The Balaban J connectivity index is 2.06. The van der Waals surface area contributed by atoms with Gasteiger partial charge in [-0.1, -0.05) is 0 Å². The van der Waals surface area contributed by atoms with E-state index in [1.807, 2.05) is 23.5 Å². The minimum Gasteiger partial charge on any atom is -0.509 e. The van der Waals surface area contributed by atoms with Gasteiger partial charge in [0.1, 0.15) is 9.84 Å². The van der Waals surface area contributed by atoms with Gasteiger partial charge < -0.3 is 5.11 Å². The molecule has 14 heavy (non-hydrogen) atoms. The van der Waals surface area contributed by atoms with Crippen LogP contribution in [0.1, 0.15) is 13.3 Å². The Morgan fingerprint density at radius 2 is 2.14 bits per heavy atom. The number of rotatable bonds is 1. The highest BCUT2D eigenvalue weighted by Gasteiger charge is 2.65. The Kier molecular flexibility index (Phi) is 1.78. The van der Waals surface area contributed by atoms with E-state index >= 15 is 0 Å². The molecule has 1 aliphatic heterocycles. The van der Waals surface area contributed by atoms with E-state index in [4.69, 9.17) is 0 Å². The third-order valence-corrected chi connectivity index (χ3v) is 6.96. The summed E-state index contributed by atoms with van der Waals surface area (Å²) < 4.78 is -0.119. The molecule has 0 aromatic carbocycles. The van der Waals surface area contributed by atoms with Crippen LogP contribution in [-0.2, 0) is 4.79 Å². The molecule has 2 atom stereocenters. The fourth-order valence-corrected chi connectivity index (χ4v) is 6.23. The van der Waals surface area contributed by atoms with Crippen LogP contribution in [-0.4, -0.2) is 26.5 Å². The molecule has 1 saturated heterocycles. The number of allylic oxidation sites excluding steroid dienone is 1. The van der Waals surface area contributed by atoms with Gasteiger partial charge in [-0.05, 0) is 25.2 Å². The zero-order chi connectivity index (χ0) is 9.92. The average molecular weight is 228 g/mol. The van der Waals surface area contributed by atoms with Gasteiger partial charge in [0.05, 0.1) is 0 Å². The van der Waals surface area contributed by atoms with E-state index in [9.17, 15) is 9.90 Å². The van der Waals surface area contributed by atoms with Crippen LogP contribution in [0.4, 0.5) is 0 Å². The van der Waals surface area contributed by atoms with Crippen LogP contribution >= 0.6 is 23.5 Å². The molecule has 0 amide bonds. The van der Waals surface area contributed by atoms with Gasteiger partial charge in [-0.2, -0.15) is 0 Å². The Labute approximate surface area is 91.5 Å². The maximum Gasteiger partial charge on any atom is 0.159 e. The summed E-state index contributed by atoms with van der Waals surface area (Å²) >= 11 is 3.67. The number of carbonyl (C=O) groups excluding carboxylic acids is 1. The van der Waals surface area contributed by atoms with Gasteiger partial charge in [0.25, 0.3) is 0 Å². The third kappa shape index (κ3) is 0.936. The van der Waals surface area contributed by atoms with Crippen molar-refractivity contribution in [1.82, 2.24) is 0 Å². The molecule has 0 aromatic heterocycles. The number of thioether (sulfide) groups is 2. The third-order valence-electron chi connectivity index (χ3n) is 3.33. The summed E-state index contributed by atoms with van der Waals surface area (Å²) in [6.07, 6.45) is 1.11. The zero-order valence-corrected chi connectivity index (χ0v) is 9.58. The molecule has 1 heterocycles. The number of ketones is 1. The lowest BCUT2D eigenvalue weighted by atomic mass is 10.1. The molecular formula is C10H12O2S2. The molecule has 1 spiro atoms. The van der Waals surface area contributed by atoms with Gasteiger partial charge in [0, 0.05) is 17.1 Å².